The SMILES string of the molecule is Cc1ccc(-c2cc(C)n(CCO)n2)cc1NC(=O)C1=CN(C)C(=O)C[C@H]1c1ccc(F)cc1. The van der Waals surface area contributed by atoms with Gasteiger partial charge in [-0.2, -0.15) is 5.10 Å². The second-order valence-corrected chi connectivity index (χ2v) is 8.50. The molecule has 1 atom stereocenters. The van der Waals surface area contributed by atoms with E-state index >= 15 is 0 Å². The number of hydrogen-bond donors (Lipinski definition) is 2. The van der Waals surface area contributed by atoms with Gasteiger partial charge in [0, 0.05) is 48.1 Å². The van der Waals surface area contributed by atoms with Gasteiger partial charge in [-0.25, -0.2) is 4.39 Å². The van der Waals surface area contributed by atoms with Gasteiger partial charge >= 0.3 is 0 Å². The van der Waals surface area contributed by atoms with Crippen molar-refractivity contribution in [3.63, 3.8) is 0 Å². The second-order valence-electron chi connectivity index (χ2n) is 8.50. The maximum atomic E-state index is 13.4. The summed E-state index contributed by atoms with van der Waals surface area (Å²) in [6.07, 6.45) is 1.68. The van der Waals surface area contributed by atoms with Crippen LogP contribution in [0.3, 0.4) is 0 Å². The molecule has 4 rings (SSSR count). The minimum atomic E-state index is -0.468. The molecule has 0 radical (unpaired) electrons. The van der Waals surface area contributed by atoms with E-state index in [1.165, 1.54) is 17.0 Å². The van der Waals surface area contributed by atoms with Crippen molar-refractivity contribution in [1.82, 2.24) is 14.7 Å². The summed E-state index contributed by atoms with van der Waals surface area (Å²) >= 11 is 0. The molecule has 2 N–H and O–H groups in total. The van der Waals surface area contributed by atoms with Gasteiger partial charge < -0.3 is 15.3 Å². The van der Waals surface area contributed by atoms with Crippen molar-refractivity contribution < 1.29 is 19.1 Å². The van der Waals surface area contributed by atoms with Gasteiger partial charge in [0.15, 0.2) is 0 Å². The first-order valence-electron chi connectivity index (χ1n) is 11.1. The predicted molar refractivity (Wildman–Crippen MR) is 127 cm³/mol. The maximum Gasteiger partial charge on any atom is 0.253 e. The molecule has 0 saturated heterocycles. The fraction of sp³-hybridized carbons (Fsp3) is 0.269. The van der Waals surface area contributed by atoms with Crippen LogP contribution in [-0.4, -0.2) is 45.3 Å². The van der Waals surface area contributed by atoms with Crippen molar-refractivity contribution in [2.75, 3.05) is 19.0 Å². The molecule has 1 aliphatic heterocycles. The van der Waals surface area contributed by atoms with E-state index in [4.69, 9.17) is 0 Å². The maximum absolute atomic E-state index is 13.4. The van der Waals surface area contributed by atoms with Crippen LogP contribution in [0.1, 0.15) is 29.2 Å². The number of nitrogens with one attached hydrogen (secondary N) is 1. The molecule has 3 aromatic rings. The third kappa shape index (κ3) is 4.77. The van der Waals surface area contributed by atoms with Gasteiger partial charge in [0.1, 0.15) is 5.82 Å². The summed E-state index contributed by atoms with van der Waals surface area (Å²) in [6.45, 7) is 4.23. The molecule has 2 heterocycles. The Morgan fingerprint density at radius 3 is 2.62 bits per heavy atom. The van der Waals surface area contributed by atoms with Crippen LogP contribution in [0.15, 0.2) is 60.3 Å². The Morgan fingerprint density at radius 1 is 1.18 bits per heavy atom. The van der Waals surface area contributed by atoms with Crippen molar-refractivity contribution >= 4 is 17.5 Å². The number of anilines is 1. The highest BCUT2D eigenvalue weighted by molar-refractivity contribution is 6.07. The molecule has 1 aliphatic rings. The molecule has 2 amide bonds. The lowest BCUT2D eigenvalue weighted by atomic mass is 9.85. The van der Waals surface area contributed by atoms with Gasteiger partial charge in [-0.1, -0.05) is 24.3 Å². The molecule has 0 spiro atoms. The van der Waals surface area contributed by atoms with Crippen molar-refractivity contribution in [3.05, 3.63) is 82.9 Å². The van der Waals surface area contributed by atoms with E-state index in [0.29, 0.717) is 23.4 Å². The van der Waals surface area contributed by atoms with Gasteiger partial charge in [0.25, 0.3) is 5.91 Å². The average Bonchev–Trinajstić information content (AvgIpc) is 3.18. The molecule has 0 fully saturated rings. The van der Waals surface area contributed by atoms with Crippen LogP contribution in [0.2, 0.25) is 0 Å². The number of carbonyl (C=O) groups is 2. The minimum Gasteiger partial charge on any atom is -0.394 e. The molecule has 0 aliphatic carbocycles. The number of amides is 2. The molecule has 7 nitrogen and oxygen atoms in total. The lowest BCUT2D eigenvalue weighted by Crippen LogP contribution is -2.33. The van der Waals surface area contributed by atoms with Gasteiger partial charge in [-0.05, 0) is 49.2 Å². The van der Waals surface area contributed by atoms with Gasteiger partial charge in [0.05, 0.1) is 18.8 Å². The quantitative estimate of drug-likeness (QED) is 0.584. The van der Waals surface area contributed by atoms with Crippen molar-refractivity contribution in [1.29, 1.82) is 0 Å². The highest BCUT2D eigenvalue weighted by Crippen LogP contribution is 2.34. The molecule has 176 valence electrons. The highest BCUT2D eigenvalue weighted by Gasteiger charge is 2.31. The van der Waals surface area contributed by atoms with Gasteiger partial charge in [0.2, 0.25) is 5.91 Å². The zero-order valence-electron chi connectivity index (χ0n) is 19.4. The molecule has 34 heavy (non-hydrogen) atoms. The lowest BCUT2D eigenvalue weighted by Gasteiger charge is -2.28. The average molecular weight is 463 g/mol. The van der Waals surface area contributed by atoms with E-state index in [9.17, 15) is 19.1 Å². The largest absolute Gasteiger partial charge is 0.394 e. The predicted octanol–water partition coefficient (Wildman–Crippen LogP) is 3.77. The third-order valence-electron chi connectivity index (χ3n) is 6.09. The molecule has 0 bridgehead atoms. The first-order chi connectivity index (χ1) is 16.3. The van der Waals surface area contributed by atoms with Crippen LogP contribution in [0, 0.1) is 19.7 Å². The first kappa shape index (κ1) is 23.4. The molecule has 2 aromatic carbocycles. The smallest absolute Gasteiger partial charge is 0.253 e. The monoisotopic (exact) mass is 462 g/mol. The van der Waals surface area contributed by atoms with Crippen molar-refractivity contribution in [2.45, 2.75) is 32.7 Å². The highest BCUT2D eigenvalue weighted by atomic mass is 19.1. The Morgan fingerprint density at radius 2 is 1.91 bits per heavy atom. The zero-order valence-corrected chi connectivity index (χ0v) is 19.4. The van der Waals surface area contributed by atoms with Crippen LogP contribution < -0.4 is 5.32 Å². The molecule has 1 aromatic heterocycles. The van der Waals surface area contributed by atoms with Crippen LogP contribution >= 0.6 is 0 Å². The first-order valence-corrected chi connectivity index (χ1v) is 11.1. The summed E-state index contributed by atoms with van der Waals surface area (Å²) in [5, 5.41) is 16.8. The summed E-state index contributed by atoms with van der Waals surface area (Å²) < 4.78 is 15.2. The number of nitrogens with zero attached hydrogens (tertiary/aromatic N) is 3. The number of rotatable bonds is 6. The van der Waals surface area contributed by atoms with E-state index in [0.717, 1.165) is 22.5 Å². The number of carbonyl (C=O) groups excluding carboxylic acids is 2. The van der Waals surface area contributed by atoms with E-state index in [-0.39, 0.29) is 30.7 Å². The Kier molecular flexibility index (Phi) is 6.61. The van der Waals surface area contributed by atoms with E-state index in [1.54, 1.807) is 30.1 Å². The Bertz CT molecular complexity index is 1260. The number of aromatic nitrogens is 2. The van der Waals surface area contributed by atoms with Gasteiger partial charge in [-0.15, -0.1) is 0 Å². The summed E-state index contributed by atoms with van der Waals surface area (Å²) in [6, 6.07) is 13.5. The number of aliphatic hydroxyl groups is 1. The number of benzene rings is 2. The van der Waals surface area contributed by atoms with Gasteiger partial charge in [-0.3, -0.25) is 14.3 Å². The molecule has 8 heteroatoms. The summed E-state index contributed by atoms with van der Waals surface area (Å²) in [5.74, 6) is -1.28. The van der Waals surface area contributed by atoms with E-state index < -0.39 is 5.92 Å². The Balaban J connectivity index is 1.63. The number of hydrogen-bond acceptors (Lipinski definition) is 4. The molecule has 0 unspecified atom stereocenters. The minimum absolute atomic E-state index is 0.00154. The van der Waals surface area contributed by atoms with E-state index in [2.05, 4.69) is 10.4 Å². The molecular weight excluding hydrogens is 435 g/mol. The zero-order chi connectivity index (χ0) is 24.4. The topological polar surface area (TPSA) is 87.5 Å². The molecule has 0 saturated carbocycles. The van der Waals surface area contributed by atoms with E-state index in [1.807, 2.05) is 38.1 Å². The molecular formula is C26H27FN4O3. The standard InChI is InChI=1S/C26H27FN4O3/c1-16-4-5-19(24-12-17(2)31(29-24)10-11-32)13-23(16)28-26(34)22-15-30(3)25(33)14-21(22)18-6-8-20(27)9-7-18/h4-9,12-13,15,21,32H,10-11,14H2,1-3H3,(H,28,34)/t21-/m0/s1. The van der Waals surface area contributed by atoms with Crippen LogP contribution in [0.25, 0.3) is 11.3 Å². The fourth-order valence-electron chi connectivity index (χ4n) is 4.09. The second kappa shape index (κ2) is 9.61. The fourth-order valence-corrected chi connectivity index (χ4v) is 4.09. The van der Waals surface area contributed by atoms with Crippen LogP contribution in [0.4, 0.5) is 10.1 Å². The Hall–Kier alpha value is -3.78. The lowest BCUT2D eigenvalue weighted by molar-refractivity contribution is -0.128. The Labute approximate surface area is 197 Å². The number of aliphatic hydroxyl groups excluding tert-OH is 1. The summed E-state index contributed by atoms with van der Waals surface area (Å²) in [5.41, 5.74) is 5.16. The van der Waals surface area contributed by atoms with Crippen LogP contribution in [-0.2, 0) is 16.1 Å². The summed E-state index contributed by atoms with van der Waals surface area (Å²) in [4.78, 5) is 27.1. The van der Waals surface area contributed by atoms with Crippen molar-refractivity contribution in [2.24, 2.45) is 0 Å². The number of halogens is 1. The third-order valence-corrected chi connectivity index (χ3v) is 6.09. The normalized spacial score (nSPS) is 15.9. The van der Waals surface area contributed by atoms with Crippen LogP contribution in [0.5, 0.6) is 0 Å². The van der Waals surface area contributed by atoms with Crippen molar-refractivity contribution in [3.8, 4) is 11.3 Å². The number of aryl methyl sites for hydroxylation is 2. The summed E-state index contributed by atoms with van der Waals surface area (Å²) in [7, 11) is 1.62.